The molecule has 126 valence electrons. The maximum atomic E-state index is 12.0. The molecular formula is C21H20N2O2. The van der Waals surface area contributed by atoms with Gasteiger partial charge in [0.2, 0.25) is 5.91 Å². The summed E-state index contributed by atoms with van der Waals surface area (Å²) in [5.74, 6) is 1.52. The number of amides is 1. The van der Waals surface area contributed by atoms with E-state index in [2.05, 4.69) is 35.4 Å². The molecule has 1 fully saturated rings. The monoisotopic (exact) mass is 332 g/mol. The Morgan fingerprint density at radius 2 is 1.96 bits per heavy atom. The van der Waals surface area contributed by atoms with E-state index in [1.54, 1.807) is 6.20 Å². The molecule has 4 nitrogen and oxygen atoms in total. The highest BCUT2D eigenvalue weighted by atomic mass is 16.5. The third kappa shape index (κ3) is 3.63. The largest absolute Gasteiger partial charge is 0.457 e. The molecule has 1 aromatic heterocycles. The molecule has 0 unspecified atom stereocenters. The third-order valence-electron chi connectivity index (χ3n) is 4.40. The molecule has 0 aliphatic heterocycles. The zero-order valence-corrected chi connectivity index (χ0v) is 14.2. The highest BCUT2D eigenvalue weighted by Crippen LogP contribution is 2.31. The first-order valence-corrected chi connectivity index (χ1v) is 8.59. The van der Waals surface area contributed by atoms with E-state index in [-0.39, 0.29) is 12.3 Å². The second kappa shape index (κ2) is 6.55. The van der Waals surface area contributed by atoms with Gasteiger partial charge in [-0.05, 0) is 42.8 Å². The smallest absolute Gasteiger partial charge is 0.226 e. The van der Waals surface area contributed by atoms with Crippen LogP contribution in [0.25, 0.3) is 10.8 Å². The Balaban J connectivity index is 1.56. The van der Waals surface area contributed by atoms with Crippen molar-refractivity contribution in [1.82, 2.24) is 10.3 Å². The Morgan fingerprint density at radius 1 is 1.16 bits per heavy atom. The van der Waals surface area contributed by atoms with Crippen LogP contribution in [0.1, 0.15) is 24.1 Å². The van der Waals surface area contributed by atoms with Gasteiger partial charge in [0, 0.05) is 23.7 Å². The van der Waals surface area contributed by atoms with Crippen molar-refractivity contribution in [3.63, 3.8) is 0 Å². The van der Waals surface area contributed by atoms with Crippen LogP contribution < -0.4 is 10.1 Å². The number of carbonyl (C=O) groups excluding carboxylic acids is 1. The van der Waals surface area contributed by atoms with E-state index in [0.717, 1.165) is 24.0 Å². The quantitative estimate of drug-likeness (QED) is 0.763. The second-order valence-corrected chi connectivity index (χ2v) is 6.53. The van der Waals surface area contributed by atoms with Gasteiger partial charge < -0.3 is 10.1 Å². The minimum atomic E-state index is 0.0212. The summed E-state index contributed by atoms with van der Waals surface area (Å²) in [7, 11) is 0. The number of fused-ring (bicyclic) bond motifs is 1. The van der Waals surface area contributed by atoms with E-state index in [1.807, 2.05) is 30.3 Å². The predicted octanol–water partition coefficient (Wildman–Crippen LogP) is 4.16. The van der Waals surface area contributed by atoms with Crippen LogP contribution in [-0.4, -0.2) is 16.9 Å². The molecule has 4 rings (SSSR count). The molecule has 25 heavy (non-hydrogen) atoms. The number of pyridine rings is 1. The SMILES string of the molecule is Cc1ccc(Oc2ccnc(CC(=O)NC3CC3)c2)c2ccccc12. The van der Waals surface area contributed by atoms with Crippen LogP contribution in [0.4, 0.5) is 0 Å². The van der Waals surface area contributed by atoms with Gasteiger partial charge in [0.05, 0.1) is 12.1 Å². The molecule has 0 bridgehead atoms. The van der Waals surface area contributed by atoms with Crippen molar-refractivity contribution in [1.29, 1.82) is 0 Å². The summed E-state index contributed by atoms with van der Waals surface area (Å²) >= 11 is 0. The van der Waals surface area contributed by atoms with Crippen molar-refractivity contribution in [3.8, 4) is 11.5 Å². The third-order valence-corrected chi connectivity index (χ3v) is 4.40. The van der Waals surface area contributed by atoms with Crippen LogP contribution in [0.3, 0.4) is 0 Å². The summed E-state index contributed by atoms with van der Waals surface area (Å²) in [4.78, 5) is 16.2. The number of ether oxygens (including phenoxy) is 1. The average Bonchev–Trinajstić information content (AvgIpc) is 3.42. The van der Waals surface area contributed by atoms with Gasteiger partial charge in [0.15, 0.2) is 0 Å². The fourth-order valence-electron chi connectivity index (χ4n) is 2.93. The number of benzene rings is 2. The number of nitrogens with zero attached hydrogens (tertiary/aromatic N) is 1. The van der Waals surface area contributed by atoms with Gasteiger partial charge >= 0.3 is 0 Å². The lowest BCUT2D eigenvalue weighted by molar-refractivity contribution is -0.120. The summed E-state index contributed by atoms with van der Waals surface area (Å²) in [6.07, 6.45) is 4.14. The minimum Gasteiger partial charge on any atom is -0.457 e. The van der Waals surface area contributed by atoms with Crippen LogP contribution in [-0.2, 0) is 11.2 Å². The second-order valence-electron chi connectivity index (χ2n) is 6.53. The predicted molar refractivity (Wildman–Crippen MR) is 97.9 cm³/mol. The minimum absolute atomic E-state index is 0.0212. The summed E-state index contributed by atoms with van der Waals surface area (Å²) in [5, 5.41) is 5.24. The Bertz CT molecular complexity index is 932. The van der Waals surface area contributed by atoms with E-state index in [9.17, 15) is 4.79 Å². The van der Waals surface area contributed by atoms with Crippen molar-refractivity contribution in [2.75, 3.05) is 0 Å². The number of nitrogens with one attached hydrogen (secondary N) is 1. The molecule has 1 N–H and O–H groups in total. The first-order chi connectivity index (χ1) is 12.2. The molecule has 0 spiro atoms. The van der Waals surface area contributed by atoms with Crippen molar-refractivity contribution in [3.05, 3.63) is 66.0 Å². The number of rotatable bonds is 5. The molecule has 1 saturated carbocycles. The Hall–Kier alpha value is -2.88. The lowest BCUT2D eigenvalue weighted by atomic mass is 10.0. The zero-order valence-electron chi connectivity index (χ0n) is 14.2. The number of aromatic nitrogens is 1. The van der Waals surface area contributed by atoms with Gasteiger partial charge in [-0.3, -0.25) is 9.78 Å². The lowest BCUT2D eigenvalue weighted by Crippen LogP contribution is -2.27. The van der Waals surface area contributed by atoms with Crippen molar-refractivity contribution < 1.29 is 9.53 Å². The normalized spacial score (nSPS) is 13.6. The van der Waals surface area contributed by atoms with Crippen LogP contribution in [0.15, 0.2) is 54.7 Å². The fraction of sp³-hybridized carbons (Fsp3) is 0.238. The number of hydrogen-bond acceptors (Lipinski definition) is 3. The van der Waals surface area contributed by atoms with Crippen LogP contribution in [0.2, 0.25) is 0 Å². The molecule has 0 saturated heterocycles. The van der Waals surface area contributed by atoms with Gasteiger partial charge in [-0.1, -0.05) is 30.3 Å². The molecule has 3 aromatic rings. The van der Waals surface area contributed by atoms with Crippen LogP contribution >= 0.6 is 0 Å². The summed E-state index contributed by atoms with van der Waals surface area (Å²) in [6, 6.07) is 16.3. The highest BCUT2D eigenvalue weighted by Gasteiger charge is 2.23. The first kappa shape index (κ1) is 15.6. The Morgan fingerprint density at radius 3 is 2.76 bits per heavy atom. The molecule has 0 radical (unpaired) electrons. The van der Waals surface area contributed by atoms with E-state index in [4.69, 9.17) is 4.74 Å². The van der Waals surface area contributed by atoms with Gasteiger partial charge in [-0.2, -0.15) is 0 Å². The molecule has 1 heterocycles. The molecule has 2 aromatic carbocycles. The lowest BCUT2D eigenvalue weighted by Gasteiger charge is -2.11. The average molecular weight is 332 g/mol. The molecule has 1 aliphatic carbocycles. The zero-order chi connectivity index (χ0) is 17.2. The number of hydrogen-bond donors (Lipinski definition) is 1. The summed E-state index contributed by atoms with van der Waals surface area (Å²) < 4.78 is 6.09. The van der Waals surface area contributed by atoms with Gasteiger partial charge in [-0.15, -0.1) is 0 Å². The van der Waals surface area contributed by atoms with Crippen molar-refractivity contribution >= 4 is 16.7 Å². The van der Waals surface area contributed by atoms with E-state index < -0.39 is 0 Å². The summed E-state index contributed by atoms with van der Waals surface area (Å²) in [5.41, 5.74) is 1.93. The first-order valence-electron chi connectivity index (χ1n) is 8.59. The highest BCUT2D eigenvalue weighted by molar-refractivity contribution is 5.91. The topological polar surface area (TPSA) is 51.2 Å². The van der Waals surface area contributed by atoms with Crippen LogP contribution in [0, 0.1) is 6.92 Å². The summed E-state index contributed by atoms with van der Waals surface area (Å²) in [6.45, 7) is 2.09. The van der Waals surface area contributed by atoms with Gasteiger partial charge in [-0.25, -0.2) is 0 Å². The molecule has 1 amide bonds. The Labute approximate surface area is 146 Å². The van der Waals surface area contributed by atoms with E-state index in [0.29, 0.717) is 17.5 Å². The van der Waals surface area contributed by atoms with Gasteiger partial charge in [0.1, 0.15) is 11.5 Å². The maximum absolute atomic E-state index is 12.0. The Kier molecular flexibility index (Phi) is 4.10. The van der Waals surface area contributed by atoms with Crippen molar-refractivity contribution in [2.45, 2.75) is 32.2 Å². The van der Waals surface area contributed by atoms with Gasteiger partial charge in [0.25, 0.3) is 0 Å². The fourth-order valence-corrected chi connectivity index (χ4v) is 2.93. The van der Waals surface area contributed by atoms with Crippen LogP contribution in [0.5, 0.6) is 11.5 Å². The molecule has 1 aliphatic rings. The molecule has 0 atom stereocenters. The standard InChI is InChI=1S/C21H20N2O2/c1-14-6-9-20(19-5-3-2-4-18(14)19)25-17-10-11-22-16(12-17)13-21(24)23-15-7-8-15/h2-6,9-12,15H,7-8,13H2,1H3,(H,23,24). The molecular weight excluding hydrogens is 312 g/mol. The van der Waals surface area contributed by atoms with E-state index in [1.165, 1.54) is 10.9 Å². The van der Waals surface area contributed by atoms with E-state index >= 15 is 0 Å². The number of aryl methyl sites for hydroxylation is 1. The number of carbonyl (C=O) groups is 1. The van der Waals surface area contributed by atoms with Crippen molar-refractivity contribution in [2.24, 2.45) is 0 Å². The molecule has 4 heteroatoms. The maximum Gasteiger partial charge on any atom is 0.226 e.